The van der Waals surface area contributed by atoms with Crippen molar-refractivity contribution in [2.45, 2.75) is 12.8 Å². The fraction of sp³-hybridized carbons (Fsp3) is 0.375. The molecule has 8 heteroatoms. The predicted molar refractivity (Wildman–Crippen MR) is 42.5 cm³/mol. The molecule has 16 heavy (non-hydrogen) atoms. The summed E-state index contributed by atoms with van der Waals surface area (Å²) in [6.07, 6.45) is -4.40. The van der Waals surface area contributed by atoms with E-state index in [1.54, 1.807) is 0 Å². The first-order valence-corrected chi connectivity index (χ1v) is 3.85. The first kappa shape index (κ1) is 15.5. The molecule has 0 aliphatic rings. The fourth-order valence-electron chi connectivity index (χ4n) is 0.838. The molecule has 0 saturated heterocycles. The van der Waals surface area contributed by atoms with Gasteiger partial charge in [0.25, 0.3) is 0 Å². The molecule has 1 N–H and O–H groups in total. The van der Waals surface area contributed by atoms with Gasteiger partial charge < -0.3 is 15.7 Å². The third-order valence-corrected chi connectivity index (χ3v) is 1.38. The van der Waals surface area contributed by atoms with E-state index in [9.17, 15) is 18.0 Å². The maximum Gasteiger partial charge on any atom is 1.00 e. The van der Waals surface area contributed by atoms with Gasteiger partial charge in [0, 0.05) is 0 Å². The summed E-state index contributed by atoms with van der Waals surface area (Å²) in [7, 11) is 0. The summed E-state index contributed by atoms with van der Waals surface area (Å²) in [5.41, 5.74) is 0. The maximum absolute atomic E-state index is 11.6. The number of hydrogen-bond donors (Lipinski definition) is 1. The van der Waals surface area contributed by atoms with Crippen LogP contribution >= 0.6 is 0 Å². The molecule has 1 aromatic heterocycles. The van der Waals surface area contributed by atoms with Crippen molar-refractivity contribution < 1.29 is 63.2 Å². The first-order valence-electron chi connectivity index (χ1n) is 3.85. The molecule has 0 bridgehead atoms. The molecule has 0 unspecified atom stereocenters. The van der Waals surface area contributed by atoms with Gasteiger partial charge in [0.05, 0.1) is 0 Å². The van der Waals surface area contributed by atoms with Crippen LogP contribution in [0.4, 0.5) is 13.2 Å². The number of ether oxygens (including phenoxy) is 1. The van der Waals surface area contributed by atoms with E-state index in [0.29, 0.717) is 0 Å². The van der Waals surface area contributed by atoms with Crippen LogP contribution in [0.2, 0.25) is 0 Å². The topological polar surface area (TPSA) is 59.7 Å². The summed E-state index contributed by atoms with van der Waals surface area (Å²) in [5.74, 6) is -1.57. The molecule has 0 spiro atoms. The zero-order valence-electron chi connectivity index (χ0n) is 9.37. The average Bonchev–Trinajstić information content (AvgIpc) is 2.50. The van der Waals surface area contributed by atoms with Crippen LogP contribution in [-0.2, 0) is 11.3 Å². The second-order valence-corrected chi connectivity index (χ2v) is 2.68. The number of carbonyl (C=O) groups is 1. The van der Waals surface area contributed by atoms with Crippen LogP contribution in [0.3, 0.4) is 0 Å². The number of aromatic carboxylic acids is 1. The summed E-state index contributed by atoms with van der Waals surface area (Å²) in [4.78, 5) is 10.3. The summed E-state index contributed by atoms with van der Waals surface area (Å²) < 4.78 is 43.9. The molecule has 0 fully saturated rings. The summed E-state index contributed by atoms with van der Waals surface area (Å²) in [6, 6.07) is 2.40. The number of halogens is 3. The minimum atomic E-state index is -4.40. The Hall–Kier alpha value is -0.500. The predicted octanol–water partition coefficient (Wildman–Crippen LogP) is -0.827. The average molecular weight is 248 g/mol. The normalized spacial score (nSPS) is 10.9. The Kier molecular flexibility index (Phi) is 6.09. The molecule has 0 radical (unpaired) electrons. The van der Waals surface area contributed by atoms with Crippen molar-refractivity contribution in [2.24, 2.45) is 0 Å². The van der Waals surface area contributed by atoms with Crippen molar-refractivity contribution in [1.29, 1.82) is 0 Å². The zero-order chi connectivity index (χ0) is 11.5. The minimum absolute atomic E-state index is 0. The standard InChI is InChI=1S/C8H7F3O4.Na.H/c9-8(10,11)4-14-3-5-1-2-6(15-5)7(12)13;;/h1-2H,3-4H2,(H,12,13);;/q;+1;-1. The van der Waals surface area contributed by atoms with Gasteiger partial charge in [0.1, 0.15) is 19.0 Å². The van der Waals surface area contributed by atoms with Crippen LogP contribution in [0, 0.1) is 0 Å². The van der Waals surface area contributed by atoms with Crippen molar-refractivity contribution in [3.63, 3.8) is 0 Å². The maximum atomic E-state index is 11.6. The van der Waals surface area contributed by atoms with Crippen molar-refractivity contribution in [1.82, 2.24) is 0 Å². The Labute approximate surface area is 112 Å². The Balaban J connectivity index is 0. The van der Waals surface area contributed by atoms with Gasteiger partial charge in [-0.2, -0.15) is 13.2 Å². The number of carboxylic acid groups (broad SMARTS) is 1. The molecular weight excluding hydrogens is 240 g/mol. The van der Waals surface area contributed by atoms with Crippen molar-refractivity contribution in [3.8, 4) is 0 Å². The van der Waals surface area contributed by atoms with Gasteiger partial charge in [-0.15, -0.1) is 0 Å². The van der Waals surface area contributed by atoms with Gasteiger partial charge in [0.2, 0.25) is 5.76 Å². The van der Waals surface area contributed by atoms with Gasteiger partial charge in [-0.3, -0.25) is 0 Å². The minimum Gasteiger partial charge on any atom is -1.00 e. The zero-order valence-corrected chi connectivity index (χ0v) is 10.4. The SMILES string of the molecule is O=C(O)c1ccc(COCC(F)(F)F)o1.[H-].[Na+]. The summed E-state index contributed by atoms with van der Waals surface area (Å²) in [5, 5.41) is 8.44. The van der Waals surface area contributed by atoms with Crippen LogP contribution in [-0.4, -0.2) is 23.9 Å². The van der Waals surface area contributed by atoms with E-state index in [1.165, 1.54) is 6.07 Å². The molecule has 1 heterocycles. The van der Waals surface area contributed by atoms with Crippen molar-refractivity contribution >= 4 is 5.97 Å². The third kappa shape index (κ3) is 5.55. The van der Waals surface area contributed by atoms with Crippen LogP contribution < -0.4 is 29.6 Å². The Morgan fingerprint density at radius 3 is 2.56 bits per heavy atom. The van der Waals surface area contributed by atoms with E-state index in [1.807, 2.05) is 0 Å². The second-order valence-electron chi connectivity index (χ2n) is 2.68. The Morgan fingerprint density at radius 1 is 1.50 bits per heavy atom. The molecule has 86 valence electrons. The van der Waals surface area contributed by atoms with E-state index in [4.69, 9.17) is 5.11 Å². The quantitative estimate of drug-likeness (QED) is 0.707. The Bertz CT molecular complexity index is 353. The molecule has 1 aromatic rings. The van der Waals surface area contributed by atoms with Gasteiger partial charge in [0.15, 0.2) is 0 Å². The van der Waals surface area contributed by atoms with Crippen molar-refractivity contribution in [2.75, 3.05) is 6.61 Å². The smallest absolute Gasteiger partial charge is 1.00 e. The van der Waals surface area contributed by atoms with E-state index in [2.05, 4.69) is 9.15 Å². The number of furan rings is 1. The van der Waals surface area contributed by atoms with E-state index < -0.39 is 25.4 Å². The second kappa shape index (κ2) is 6.29. The number of carboxylic acids is 1. The van der Waals surface area contributed by atoms with E-state index >= 15 is 0 Å². The van der Waals surface area contributed by atoms with Gasteiger partial charge in [-0.25, -0.2) is 4.79 Å². The monoisotopic (exact) mass is 248 g/mol. The first-order chi connectivity index (χ1) is 6.88. The molecule has 0 atom stereocenters. The van der Waals surface area contributed by atoms with E-state index in [0.717, 1.165) is 6.07 Å². The molecular formula is C8H8F3NaO4. The molecule has 1 rings (SSSR count). The summed E-state index contributed by atoms with van der Waals surface area (Å²) >= 11 is 0. The number of alkyl halides is 3. The van der Waals surface area contributed by atoms with Gasteiger partial charge >= 0.3 is 41.7 Å². The number of rotatable bonds is 4. The number of hydrogen-bond acceptors (Lipinski definition) is 3. The van der Waals surface area contributed by atoms with Crippen LogP contribution in [0.1, 0.15) is 17.7 Å². The fourth-order valence-corrected chi connectivity index (χ4v) is 0.838. The van der Waals surface area contributed by atoms with Crippen LogP contribution in [0.25, 0.3) is 0 Å². The molecule has 0 aliphatic carbocycles. The van der Waals surface area contributed by atoms with E-state index in [-0.39, 0.29) is 42.5 Å². The van der Waals surface area contributed by atoms with Crippen LogP contribution in [0.15, 0.2) is 16.5 Å². The van der Waals surface area contributed by atoms with Gasteiger partial charge in [-0.1, -0.05) is 0 Å². The molecule has 0 aliphatic heterocycles. The van der Waals surface area contributed by atoms with Crippen LogP contribution in [0.5, 0.6) is 0 Å². The molecule has 4 nitrogen and oxygen atoms in total. The third-order valence-electron chi connectivity index (χ3n) is 1.38. The molecule has 0 aromatic carbocycles. The Morgan fingerprint density at radius 2 is 2.12 bits per heavy atom. The van der Waals surface area contributed by atoms with Gasteiger partial charge in [-0.05, 0) is 12.1 Å². The molecule has 0 amide bonds. The molecule has 0 saturated carbocycles. The summed E-state index contributed by atoms with van der Waals surface area (Å²) in [6.45, 7) is -1.80. The van der Waals surface area contributed by atoms with Crippen molar-refractivity contribution in [3.05, 3.63) is 23.7 Å². The largest absolute Gasteiger partial charge is 1.00 e.